The summed E-state index contributed by atoms with van der Waals surface area (Å²) in [6.07, 6.45) is 11.0. The van der Waals surface area contributed by atoms with E-state index < -0.39 is 5.97 Å². The first-order valence-electron chi connectivity index (χ1n) is 14.6. The summed E-state index contributed by atoms with van der Waals surface area (Å²) in [5.74, 6) is -0.944. The van der Waals surface area contributed by atoms with E-state index in [2.05, 4.69) is 64.6 Å². The van der Waals surface area contributed by atoms with Crippen molar-refractivity contribution < 1.29 is 9.90 Å². The standard InChI is InChI=1S/C25H21Cl.C13H8N2O2/c26-21-10-5-17(6-11-21)15-18-7-12-23-20(16-18)9-14-24-22-4-2-1-3-19(22)8-13-25(23)24;16-13(17)10-4-6-15-12-9(10)2-1-8-3-5-14-7-11(8)12/h5-14,16H,1-4,15H2;1-7H,(H,16,17). The van der Waals surface area contributed by atoms with Crippen LogP contribution in [0.4, 0.5) is 0 Å². The molecule has 0 saturated heterocycles. The maximum atomic E-state index is 11.1. The second-order valence-corrected chi connectivity index (χ2v) is 11.6. The number of rotatable bonds is 3. The van der Waals surface area contributed by atoms with Gasteiger partial charge in [-0.2, -0.15) is 0 Å². The Morgan fingerprint density at radius 2 is 1.44 bits per heavy atom. The lowest BCUT2D eigenvalue weighted by Crippen LogP contribution is -2.03. The Hall–Kier alpha value is -4.80. The summed E-state index contributed by atoms with van der Waals surface area (Å²) in [5, 5.41) is 18.0. The van der Waals surface area contributed by atoms with Crippen molar-refractivity contribution in [3.8, 4) is 0 Å². The number of pyridine rings is 2. The van der Waals surface area contributed by atoms with Crippen molar-refractivity contribution in [2.24, 2.45) is 0 Å². The number of carboxylic acids is 1. The molecule has 0 aliphatic heterocycles. The summed E-state index contributed by atoms with van der Waals surface area (Å²) < 4.78 is 0. The first-order valence-corrected chi connectivity index (χ1v) is 15.0. The van der Waals surface area contributed by atoms with Gasteiger partial charge in [-0.3, -0.25) is 9.97 Å². The predicted molar refractivity (Wildman–Crippen MR) is 176 cm³/mol. The van der Waals surface area contributed by atoms with E-state index in [0.717, 1.165) is 22.2 Å². The number of hydrogen-bond donors (Lipinski definition) is 1. The van der Waals surface area contributed by atoms with Gasteiger partial charge in [-0.05, 0) is 106 Å². The number of hydrogen-bond acceptors (Lipinski definition) is 3. The summed E-state index contributed by atoms with van der Waals surface area (Å²) in [4.78, 5) is 19.4. The summed E-state index contributed by atoms with van der Waals surface area (Å²) >= 11 is 6.00. The van der Waals surface area contributed by atoms with Gasteiger partial charge in [0.05, 0.1) is 11.1 Å². The molecule has 2 heterocycles. The van der Waals surface area contributed by atoms with E-state index in [1.54, 1.807) is 29.6 Å². The van der Waals surface area contributed by atoms with Gasteiger partial charge in [-0.25, -0.2) is 4.79 Å². The number of fused-ring (bicyclic) bond motifs is 8. The van der Waals surface area contributed by atoms with Crippen molar-refractivity contribution in [2.75, 3.05) is 0 Å². The Kier molecular flexibility index (Phi) is 7.22. The molecule has 2 aromatic heterocycles. The van der Waals surface area contributed by atoms with Crippen molar-refractivity contribution in [3.05, 3.63) is 142 Å². The van der Waals surface area contributed by atoms with E-state index in [1.807, 2.05) is 24.3 Å². The van der Waals surface area contributed by atoms with Crippen LogP contribution in [-0.2, 0) is 19.3 Å². The molecule has 43 heavy (non-hydrogen) atoms. The van der Waals surface area contributed by atoms with E-state index in [9.17, 15) is 4.79 Å². The lowest BCUT2D eigenvalue weighted by atomic mass is 9.86. The Morgan fingerprint density at radius 1 is 0.698 bits per heavy atom. The average Bonchev–Trinajstić information content (AvgIpc) is 3.05. The first-order chi connectivity index (χ1) is 21.0. The maximum absolute atomic E-state index is 11.1. The summed E-state index contributed by atoms with van der Waals surface area (Å²) in [5.41, 5.74) is 6.72. The zero-order chi connectivity index (χ0) is 29.3. The predicted octanol–water partition coefficient (Wildman–Crippen LogP) is 9.60. The fourth-order valence-electron chi connectivity index (χ4n) is 6.36. The van der Waals surface area contributed by atoms with E-state index in [0.29, 0.717) is 10.9 Å². The van der Waals surface area contributed by atoms with Gasteiger partial charge in [0.1, 0.15) is 0 Å². The number of carboxylic acid groups (broad SMARTS) is 1. The van der Waals surface area contributed by atoms with Crippen LogP contribution < -0.4 is 0 Å². The van der Waals surface area contributed by atoms with Crippen LogP contribution in [0.25, 0.3) is 43.2 Å². The normalized spacial score (nSPS) is 12.7. The smallest absolute Gasteiger partial charge is 0.336 e. The third-order valence-electron chi connectivity index (χ3n) is 8.49. The van der Waals surface area contributed by atoms with Crippen LogP contribution in [0.5, 0.6) is 0 Å². The molecule has 0 saturated carbocycles. The second kappa shape index (κ2) is 11.5. The van der Waals surface area contributed by atoms with Gasteiger partial charge in [0.25, 0.3) is 0 Å². The van der Waals surface area contributed by atoms with Gasteiger partial charge < -0.3 is 5.11 Å². The largest absolute Gasteiger partial charge is 0.478 e. The highest BCUT2D eigenvalue weighted by Crippen LogP contribution is 2.34. The first kappa shape index (κ1) is 27.1. The molecule has 1 aliphatic rings. The molecule has 0 fully saturated rings. The minimum Gasteiger partial charge on any atom is -0.478 e. The number of carbonyl (C=O) groups is 1. The Morgan fingerprint density at radius 3 is 2.30 bits per heavy atom. The van der Waals surface area contributed by atoms with E-state index in [1.165, 1.54) is 70.6 Å². The molecule has 4 nitrogen and oxygen atoms in total. The minimum absolute atomic E-state index is 0.265. The molecule has 0 atom stereocenters. The van der Waals surface area contributed by atoms with Gasteiger partial charge in [-0.15, -0.1) is 0 Å². The monoisotopic (exact) mass is 580 g/mol. The van der Waals surface area contributed by atoms with Crippen LogP contribution in [0.3, 0.4) is 0 Å². The van der Waals surface area contributed by atoms with Gasteiger partial charge in [0.2, 0.25) is 0 Å². The molecular formula is C38H29ClN2O2. The highest BCUT2D eigenvalue weighted by Gasteiger charge is 2.14. The molecule has 0 radical (unpaired) electrons. The van der Waals surface area contributed by atoms with Crippen LogP contribution in [0.2, 0.25) is 5.02 Å². The number of aromatic nitrogens is 2. The highest BCUT2D eigenvalue weighted by molar-refractivity contribution is 6.30. The topological polar surface area (TPSA) is 63.1 Å². The fourth-order valence-corrected chi connectivity index (χ4v) is 6.49. The summed E-state index contributed by atoms with van der Waals surface area (Å²) in [7, 11) is 0. The molecule has 7 aromatic rings. The average molecular weight is 581 g/mol. The van der Waals surface area contributed by atoms with Crippen molar-refractivity contribution in [2.45, 2.75) is 32.1 Å². The molecular weight excluding hydrogens is 552 g/mol. The minimum atomic E-state index is -0.944. The fraction of sp³-hybridized carbons (Fsp3) is 0.132. The van der Waals surface area contributed by atoms with Crippen molar-refractivity contribution >= 4 is 60.8 Å². The molecule has 5 heteroatoms. The van der Waals surface area contributed by atoms with Gasteiger partial charge >= 0.3 is 5.97 Å². The van der Waals surface area contributed by atoms with Crippen LogP contribution in [0.15, 0.2) is 110 Å². The molecule has 0 bridgehead atoms. The number of aryl methyl sites for hydroxylation is 2. The highest BCUT2D eigenvalue weighted by atomic mass is 35.5. The van der Waals surface area contributed by atoms with Gasteiger partial charge in [-0.1, -0.05) is 78.3 Å². The molecule has 5 aromatic carbocycles. The maximum Gasteiger partial charge on any atom is 0.336 e. The Labute approximate surface area is 254 Å². The number of halogens is 1. The zero-order valence-corrected chi connectivity index (χ0v) is 24.3. The second-order valence-electron chi connectivity index (χ2n) is 11.2. The molecule has 210 valence electrons. The molecule has 8 rings (SSSR count). The number of aromatic carboxylic acids is 1. The van der Waals surface area contributed by atoms with Gasteiger partial charge in [0.15, 0.2) is 0 Å². The van der Waals surface area contributed by atoms with Crippen molar-refractivity contribution in [3.63, 3.8) is 0 Å². The van der Waals surface area contributed by atoms with E-state index in [-0.39, 0.29) is 5.56 Å². The molecule has 0 spiro atoms. The van der Waals surface area contributed by atoms with Crippen LogP contribution in [0, 0.1) is 0 Å². The lowest BCUT2D eigenvalue weighted by molar-refractivity contribution is 0.0699. The SMILES string of the molecule is Clc1ccc(Cc2ccc3c(ccc4c5c(ccc43)CCCC5)c2)cc1.O=C(O)c1ccnc2c1ccc1ccncc12. The van der Waals surface area contributed by atoms with Crippen molar-refractivity contribution in [1.29, 1.82) is 0 Å². The molecule has 0 unspecified atom stereocenters. The summed E-state index contributed by atoms with van der Waals surface area (Å²) in [6.45, 7) is 0. The van der Waals surface area contributed by atoms with E-state index >= 15 is 0 Å². The van der Waals surface area contributed by atoms with Crippen molar-refractivity contribution in [1.82, 2.24) is 9.97 Å². The molecule has 1 aliphatic carbocycles. The lowest BCUT2D eigenvalue weighted by Gasteiger charge is -2.19. The van der Waals surface area contributed by atoms with Crippen LogP contribution >= 0.6 is 11.6 Å². The quantitative estimate of drug-likeness (QED) is 0.211. The zero-order valence-electron chi connectivity index (χ0n) is 23.6. The molecule has 1 N–H and O–H groups in total. The third kappa shape index (κ3) is 5.31. The Balaban J connectivity index is 0.000000153. The van der Waals surface area contributed by atoms with Crippen LogP contribution in [0.1, 0.15) is 45.5 Å². The van der Waals surface area contributed by atoms with Crippen LogP contribution in [-0.4, -0.2) is 21.0 Å². The molecule has 0 amide bonds. The Bertz CT molecular complexity index is 2160. The number of benzene rings is 5. The third-order valence-corrected chi connectivity index (χ3v) is 8.75. The number of nitrogens with zero attached hydrogens (tertiary/aromatic N) is 2. The summed E-state index contributed by atoms with van der Waals surface area (Å²) in [6, 6.07) is 31.5. The van der Waals surface area contributed by atoms with Gasteiger partial charge in [0, 0.05) is 34.4 Å². The van der Waals surface area contributed by atoms with E-state index in [4.69, 9.17) is 16.7 Å².